The summed E-state index contributed by atoms with van der Waals surface area (Å²) in [7, 11) is 2.13. The molecule has 18 heavy (non-hydrogen) atoms. The Hall–Kier alpha value is -1.61. The Balaban J connectivity index is 2.02. The van der Waals surface area contributed by atoms with Gasteiger partial charge in [-0.1, -0.05) is 24.3 Å². The number of nitrogens with zero attached hydrogens (tertiary/aromatic N) is 2. The zero-order valence-corrected chi connectivity index (χ0v) is 11.0. The number of hydrogen-bond donors (Lipinski definition) is 1. The first-order valence-corrected chi connectivity index (χ1v) is 6.55. The van der Waals surface area contributed by atoms with Crippen molar-refractivity contribution in [1.29, 1.82) is 0 Å². The average molecular weight is 241 g/mol. The summed E-state index contributed by atoms with van der Waals surface area (Å²) in [5, 5.41) is 3.41. The minimum atomic E-state index is 0.563. The van der Waals surface area contributed by atoms with Crippen molar-refractivity contribution in [1.82, 2.24) is 14.9 Å². The smallest absolute Gasteiger partial charge is 0.113 e. The molecule has 3 nitrogen and oxygen atoms in total. The second-order valence-corrected chi connectivity index (χ2v) is 5.07. The van der Waals surface area contributed by atoms with Gasteiger partial charge in [0.15, 0.2) is 0 Å². The van der Waals surface area contributed by atoms with Crippen LogP contribution in [-0.2, 0) is 7.05 Å². The summed E-state index contributed by atoms with van der Waals surface area (Å²) in [4.78, 5) is 4.64. The maximum absolute atomic E-state index is 4.64. The van der Waals surface area contributed by atoms with Crippen LogP contribution in [-0.4, -0.2) is 22.6 Å². The highest BCUT2D eigenvalue weighted by atomic mass is 15.1. The molecule has 1 aromatic carbocycles. The Bertz CT molecular complexity index is 551. The van der Waals surface area contributed by atoms with Crippen LogP contribution in [0.1, 0.15) is 23.7 Å². The van der Waals surface area contributed by atoms with Gasteiger partial charge in [-0.15, -0.1) is 0 Å². The molecule has 1 saturated heterocycles. The van der Waals surface area contributed by atoms with E-state index in [-0.39, 0.29) is 0 Å². The fourth-order valence-corrected chi connectivity index (χ4v) is 2.79. The first kappa shape index (κ1) is 11.5. The summed E-state index contributed by atoms with van der Waals surface area (Å²) in [6.07, 6.45) is 3.20. The largest absolute Gasteiger partial charge is 0.331 e. The molecule has 0 aliphatic carbocycles. The van der Waals surface area contributed by atoms with Gasteiger partial charge in [0.2, 0.25) is 0 Å². The molecule has 1 aliphatic heterocycles. The first-order chi connectivity index (χ1) is 8.77. The molecular formula is C15H19N3. The van der Waals surface area contributed by atoms with Gasteiger partial charge in [0.05, 0.1) is 11.9 Å². The van der Waals surface area contributed by atoms with Gasteiger partial charge in [0.25, 0.3) is 0 Å². The Kier molecular flexibility index (Phi) is 2.92. The molecule has 1 N–H and O–H groups in total. The highest BCUT2D eigenvalue weighted by Gasteiger charge is 2.22. The summed E-state index contributed by atoms with van der Waals surface area (Å²) < 4.78 is 2.25. The molecular weight excluding hydrogens is 222 g/mol. The van der Waals surface area contributed by atoms with Gasteiger partial charge in [0.1, 0.15) is 5.82 Å². The maximum atomic E-state index is 4.64. The third-order valence-corrected chi connectivity index (χ3v) is 3.87. The third kappa shape index (κ3) is 1.85. The number of nitrogens with one attached hydrogen (secondary N) is 1. The van der Waals surface area contributed by atoms with Crippen molar-refractivity contribution in [3.05, 3.63) is 41.9 Å². The fraction of sp³-hybridized carbons (Fsp3) is 0.400. The van der Waals surface area contributed by atoms with E-state index in [0.717, 1.165) is 13.1 Å². The van der Waals surface area contributed by atoms with E-state index < -0.39 is 0 Å². The van der Waals surface area contributed by atoms with Gasteiger partial charge < -0.3 is 9.88 Å². The molecule has 94 valence electrons. The number of benzene rings is 1. The summed E-state index contributed by atoms with van der Waals surface area (Å²) >= 11 is 0. The molecule has 1 aromatic heterocycles. The van der Waals surface area contributed by atoms with Gasteiger partial charge in [-0.25, -0.2) is 4.98 Å². The van der Waals surface area contributed by atoms with Crippen molar-refractivity contribution in [2.75, 3.05) is 13.1 Å². The number of hydrogen-bond acceptors (Lipinski definition) is 2. The van der Waals surface area contributed by atoms with Gasteiger partial charge in [-0.3, -0.25) is 0 Å². The van der Waals surface area contributed by atoms with E-state index in [1.54, 1.807) is 0 Å². The van der Waals surface area contributed by atoms with Crippen LogP contribution >= 0.6 is 0 Å². The zero-order valence-electron chi connectivity index (χ0n) is 11.0. The van der Waals surface area contributed by atoms with Gasteiger partial charge >= 0.3 is 0 Å². The van der Waals surface area contributed by atoms with Crippen LogP contribution in [0.2, 0.25) is 0 Å². The molecule has 2 aromatic rings. The number of imidazole rings is 1. The van der Waals surface area contributed by atoms with Crippen LogP contribution in [0.15, 0.2) is 30.5 Å². The van der Waals surface area contributed by atoms with Crippen LogP contribution in [0.5, 0.6) is 0 Å². The SMILES string of the molecule is Cc1ccccc1-c1cnc(C2CCNC2)n1C. The molecule has 1 unspecified atom stereocenters. The average Bonchev–Trinajstić information content (AvgIpc) is 2.99. The Morgan fingerprint density at radius 2 is 2.17 bits per heavy atom. The van der Waals surface area contributed by atoms with E-state index >= 15 is 0 Å². The minimum Gasteiger partial charge on any atom is -0.331 e. The topological polar surface area (TPSA) is 29.9 Å². The van der Waals surface area contributed by atoms with Gasteiger partial charge in [-0.2, -0.15) is 0 Å². The van der Waals surface area contributed by atoms with E-state index in [4.69, 9.17) is 0 Å². The van der Waals surface area contributed by atoms with Crippen molar-refractivity contribution in [3.63, 3.8) is 0 Å². The molecule has 0 bridgehead atoms. The number of aryl methyl sites for hydroxylation is 1. The predicted octanol–water partition coefficient (Wildman–Crippen LogP) is 2.47. The first-order valence-electron chi connectivity index (χ1n) is 6.55. The highest BCUT2D eigenvalue weighted by Crippen LogP contribution is 2.28. The molecule has 1 aliphatic rings. The van der Waals surface area contributed by atoms with Crippen molar-refractivity contribution in [2.45, 2.75) is 19.3 Å². The van der Waals surface area contributed by atoms with Gasteiger partial charge in [0, 0.05) is 25.1 Å². The van der Waals surface area contributed by atoms with Crippen molar-refractivity contribution in [2.24, 2.45) is 7.05 Å². The van der Waals surface area contributed by atoms with Crippen LogP contribution in [0.25, 0.3) is 11.3 Å². The van der Waals surface area contributed by atoms with Crippen LogP contribution in [0.3, 0.4) is 0 Å². The Morgan fingerprint density at radius 3 is 2.89 bits per heavy atom. The molecule has 0 radical (unpaired) electrons. The Labute approximate surface area is 108 Å². The van der Waals surface area contributed by atoms with E-state index in [9.17, 15) is 0 Å². The quantitative estimate of drug-likeness (QED) is 0.875. The van der Waals surface area contributed by atoms with E-state index in [0.29, 0.717) is 5.92 Å². The number of aromatic nitrogens is 2. The predicted molar refractivity (Wildman–Crippen MR) is 73.6 cm³/mol. The highest BCUT2D eigenvalue weighted by molar-refractivity contribution is 5.63. The fourth-order valence-electron chi connectivity index (χ4n) is 2.79. The van der Waals surface area contributed by atoms with Crippen LogP contribution in [0.4, 0.5) is 0 Å². The maximum Gasteiger partial charge on any atom is 0.113 e. The lowest BCUT2D eigenvalue weighted by Gasteiger charge is -2.11. The molecule has 3 rings (SSSR count). The molecule has 0 saturated carbocycles. The van der Waals surface area contributed by atoms with Crippen molar-refractivity contribution >= 4 is 0 Å². The molecule has 0 spiro atoms. The summed E-state index contributed by atoms with van der Waals surface area (Å²) in [5.74, 6) is 1.77. The molecule has 1 atom stereocenters. The lowest BCUT2D eigenvalue weighted by Crippen LogP contribution is -2.11. The molecule has 0 amide bonds. The van der Waals surface area contributed by atoms with Crippen LogP contribution in [0, 0.1) is 6.92 Å². The normalized spacial score (nSPS) is 19.3. The second-order valence-electron chi connectivity index (χ2n) is 5.07. The summed E-state index contributed by atoms with van der Waals surface area (Å²) in [6, 6.07) is 8.49. The standard InChI is InChI=1S/C15H19N3/c1-11-5-3-4-6-13(11)14-10-17-15(18(14)2)12-7-8-16-9-12/h3-6,10,12,16H,7-9H2,1-2H3. The summed E-state index contributed by atoms with van der Waals surface area (Å²) in [5.41, 5.74) is 3.80. The summed E-state index contributed by atoms with van der Waals surface area (Å²) in [6.45, 7) is 4.31. The van der Waals surface area contributed by atoms with Crippen molar-refractivity contribution < 1.29 is 0 Å². The number of rotatable bonds is 2. The monoisotopic (exact) mass is 241 g/mol. The van der Waals surface area contributed by atoms with Crippen LogP contribution < -0.4 is 5.32 Å². The molecule has 3 heteroatoms. The lowest BCUT2D eigenvalue weighted by molar-refractivity contribution is 0.662. The molecule has 2 heterocycles. The Morgan fingerprint density at radius 1 is 1.33 bits per heavy atom. The van der Waals surface area contributed by atoms with E-state index in [2.05, 4.69) is 53.1 Å². The second kappa shape index (κ2) is 4.58. The zero-order chi connectivity index (χ0) is 12.5. The van der Waals surface area contributed by atoms with Crippen molar-refractivity contribution in [3.8, 4) is 11.3 Å². The van der Waals surface area contributed by atoms with Gasteiger partial charge in [-0.05, 0) is 25.5 Å². The minimum absolute atomic E-state index is 0.563. The van der Waals surface area contributed by atoms with E-state index in [1.807, 2.05) is 6.20 Å². The third-order valence-electron chi connectivity index (χ3n) is 3.87. The van der Waals surface area contributed by atoms with E-state index in [1.165, 1.54) is 29.1 Å². The lowest BCUT2D eigenvalue weighted by atomic mass is 10.1. The molecule has 1 fully saturated rings.